The lowest BCUT2D eigenvalue weighted by Gasteiger charge is -2.17. The highest BCUT2D eigenvalue weighted by Crippen LogP contribution is 2.30. The van der Waals surface area contributed by atoms with Crippen LogP contribution in [0.25, 0.3) is 0 Å². The van der Waals surface area contributed by atoms with Crippen molar-refractivity contribution in [2.24, 2.45) is 0 Å². The smallest absolute Gasteiger partial charge is 0.340 e. The molecule has 0 saturated carbocycles. The highest BCUT2D eigenvalue weighted by Gasteiger charge is 2.31. The summed E-state index contributed by atoms with van der Waals surface area (Å²) in [4.78, 5) is 25.7. The Balaban J connectivity index is 1.58. The van der Waals surface area contributed by atoms with Crippen LogP contribution in [0.2, 0.25) is 0 Å². The molecule has 132 valence electrons. The fraction of sp³-hybridized carbons (Fsp3) is 0.625. The minimum Gasteiger partial charge on any atom is -0.449 e. The van der Waals surface area contributed by atoms with E-state index in [1.165, 1.54) is 11.8 Å². The summed E-state index contributed by atoms with van der Waals surface area (Å²) < 4.78 is 28.1. The van der Waals surface area contributed by atoms with Crippen LogP contribution >= 0.6 is 11.3 Å². The molecule has 1 aromatic rings. The average Bonchev–Trinajstić information content (AvgIpc) is 3.10. The van der Waals surface area contributed by atoms with Gasteiger partial charge in [-0.05, 0) is 44.6 Å². The molecule has 0 radical (unpaired) electrons. The van der Waals surface area contributed by atoms with E-state index in [2.05, 4.69) is 5.32 Å². The summed E-state index contributed by atoms with van der Waals surface area (Å²) in [6, 6.07) is -0.391. The van der Waals surface area contributed by atoms with Crippen molar-refractivity contribution >= 4 is 33.1 Å². The quantitative estimate of drug-likeness (QED) is 0.810. The van der Waals surface area contributed by atoms with E-state index in [9.17, 15) is 18.0 Å². The number of hydrogen-bond donors (Lipinski definition) is 1. The minimum absolute atomic E-state index is 0.0442. The molecule has 0 unspecified atom stereocenters. The van der Waals surface area contributed by atoms with Crippen molar-refractivity contribution in [3.8, 4) is 0 Å². The zero-order valence-electron chi connectivity index (χ0n) is 13.5. The summed E-state index contributed by atoms with van der Waals surface area (Å²) in [6.45, 7) is 1.51. The Kier molecular flexibility index (Phi) is 4.96. The summed E-state index contributed by atoms with van der Waals surface area (Å²) in [5, 5.41) is 4.47. The lowest BCUT2D eigenvalue weighted by molar-refractivity contribution is -0.129. The van der Waals surface area contributed by atoms with Gasteiger partial charge in [-0.3, -0.25) is 4.79 Å². The van der Waals surface area contributed by atoms with Crippen molar-refractivity contribution in [1.29, 1.82) is 0 Å². The van der Waals surface area contributed by atoms with Gasteiger partial charge in [0.05, 0.1) is 17.1 Å². The predicted octanol–water partition coefficient (Wildman–Crippen LogP) is 1.48. The third-order valence-electron chi connectivity index (χ3n) is 4.51. The standard InChI is InChI=1S/C16H21NO5S2/c1-10(15(18)17-11-6-7-24(20,21)9-11)22-16(19)13-8-23-14-5-3-2-4-12(13)14/h8,10-11H,2-7,9H2,1H3,(H,17,18)/t10-,11+/m1/s1. The Morgan fingerprint density at radius 3 is 2.79 bits per heavy atom. The first kappa shape index (κ1) is 17.4. The van der Waals surface area contributed by atoms with E-state index >= 15 is 0 Å². The van der Waals surface area contributed by atoms with Crippen LogP contribution in [0.15, 0.2) is 5.38 Å². The second-order valence-electron chi connectivity index (χ2n) is 6.41. The maximum atomic E-state index is 12.3. The van der Waals surface area contributed by atoms with Crippen LogP contribution in [-0.2, 0) is 32.2 Å². The molecule has 0 aromatic carbocycles. The molecule has 3 rings (SSSR count). The van der Waals surface area contributed by atoms with Crippen LogP contribution in [0.1, 0.15) is 47.0 Å². The van der Waals surface area contributed by atoms with E-state index in [0.29, 0.717) is 12.0 Å². The lowest BCUT2D eigenvalue weighted by Crippen LogP contribution is -2.42. The molecule has 24 heavy (non-hydrogen) atoms. The highest BCUT2D eigenvalue weighted by atomic mass is 32.2. The van der Waals surface area contributed by atoms with Gasteiger partial charge in [0.15, 0.2) is 15.9 Å². The first-order chi connectivity index (χ1) is 11.4. The van der Waals surface area contributed by atoms with E-state index in [1.807, 2.05) is 5.38 Å². The van der Waals surface area contributed by atoms with Gasteiger partial charge in [-0.2, -0.15) is 0 Å². The SMILES string of the molecule is C[C@@H](OC(=O)c1csc2c1CCCC2)C(=O)N[C@H]1CCS(=O)(=O)C1. The van der Waals surface area contributed by atoms with E-state index in [-0.39, 0.29) is 11.5 Å². The second-order valence-corrected chi connectivity index (χ2v) is 9.61. The summed E-state index contributed by atoms with van der Waals surface area (Å²) in [5.74, 6) is -0.879. The van der Waals surface area contributed by atoms with Crippen LogP contribution in [0, 0.1) is 0 Å². The van der Waals surface area contributed by atoms with Gasteiger partial charge in [-0.1, -0.05) is 0 Å². The van der Waals surface area contributed by atoms with Crippen molar-refractivity contribution in [2.45, 2.75) is 51.2 Å². The molecule has 1 saturated heterocycles. The van der Waals surface area contributed by atoms with E-state index in [0.717, 1.165) is 31.2 Å². The number of sulfone groups is 1. The number of fused-ring (bicyclic) bond motifs is 1. The zero-order valence-corrected chi connectivity index (χ0v) is 15.2. The third-order valence-corrected chi connectivity index (χ3v) is 7.37. The van der Waals surface area contributed by atoms with Crippen LogP contribution in [-0.4, -0.2) is 43.9 Å². The van der Waals surface area contributed by atoms with Gasteiger partial charge < -0.3 is 10.1 Å². The van der Waals surface area contributed by atoms with Gasteiger partial charge in [0.25, 0.3) is 5.91 Å². The molecule has 0 bridgehead atoms. The van der Waals surface area contributed by atoms with Crippen LogP contribution in [0.5, 0.6) is 0 Å². The predicted molar refractivity (Wildman–Crippen MR) is 91.0 cm³/mol. The van der Waals surface area contributed by atoms with Gasteiger partial charge in [-0.15, -0.1) is 11.3 Å². The number of ether oxygens (including phenoxy) is 1. The number of esters is 1. The third kappa shape index (κ3) is 3.80. The number of rotatable bonds is 4. The molecular formula is C16H21NO5S2. The van der Waals surface area contributed by atoms with Crippen LogP contribution < -0.4 is 5.32 Å². The maximum absolute atomic E-state index is 12.3. The van der Waals surface area contributed by atoms with Crippen molar-refractivity contribution in [2.75, 3.05) is 11.5 Å². The number of amides is 1. The molecule has 2 heterocycles. The van der Waals surface area contributed by atoms with E-state index in [4.69, 9.17) is 4.74 Å². The van der Waals surface area contributed by atoms with Crippen molar-refractivity contribution in [3.63, 3.8) is 0 Å². The second kappa shape index (κ2) is 6.84. The van der Waals surface area contributed by atoms with E-state index < -0.39 is 33.9 Å². The molecule has 1 N–H and O–H groups in total. The van der Waals surface area contributed by atoms with Crippen molar-refractivity contribution in [1.82, 2.24) is 5.32 Å². The molecule has 2 aliphatic rings. The number of carbonyl (C=O) groups excluding carboxylic acids is 2. The molecule has 1 amide bonds. The molecule has 1 aromatic heterocycles. The first-order valence-electron chi connectivity index (χ1n) is 8.17. The zero-order chi connectivity index (χ0) is 17.3. The van der Waals surface area contributed by atoms with Gasteiger partial charge >= 0.3 is 5.97 Å². The lowest BCUT2D eigenvalue weighted by atomic mass is 9.96. The highest BCUT2D eigenvalue weighted by molar-refractivity contribution is 7.91. The fourth-order valence-electron chi connectivity index (χ4n) is 3.17. The minimum atomic E-state index is -3.06. The number of aryl methyl sites for hydroxylation is 1. The molecule has 6 nitrogen and oxygen atoms in total. The molecule has 0 spiro atoms. The number of hydrogen-bond acceptors (Lipinski definition) is 6. The van der Waals surface area contributed by atoms with Crippen molar-refractivity contribution < 1.29 is 22.7 Å². The van der Waals surface area contributed by atoms with Gasteiger partial charge in [-0.25, -0.2) is 13.2 Å². The number of carbonyl (C=O) groups is 2. The normalized spacial score (nSPS) is 23.3. The monoisotopic (exact) mass is 371 g/mol. The average molecular weight is 371 g/mol. The summed E-state index contributed by atoms with van der Waals surface area (Å²) in [6.07, 6.45) is 3.55. The Morgan fingerprint density at radius 2 is 2.08 bits per heavy atom. The number of nitrogens with one attached hydrogen (secondary N) is 1. The van der Waals surface area contributed by atoms with E-state index in [1.54, 1.807) is 11.3 Å². The Hall–Kier alpha value is -1.41. The molecule has 1 aliphatic heterocycles. The Labute approximate surface area is 145 Å². The summed E-state index contributed by atoms with van der Waals surface area (Å²) in [5.41, 5.74) is 1.63. The first-order valence-corrected chi connectivity index (χ1v) is 10.9. The molecule has 1 fully saturated rings. The van der Waals surface area contributed by atoms with Gasteiger partial charge in [0.2, 0.25) is 0 Å². The van der Waals surface area contributed by atoms with Gasteiger partial charge in [0.1, 0.15) is 0 Å². The van der Waals surface area contributed by atoms with Crippen molar-refractivity contribution in [3.05, 3.63) is 21.4 Å². The molecule has 8 heteroatoms. The Morgan fingerprint density at radius 1 is 1.33 bits per heavy atom. The molecule has 2 atom stereocenters. The fourth-order valence-corrected chi connectivity index (χ4v) is 5.96. The topological polar surface area (TPSA) is 89.5 Å². The van der Waals surface area contributed by atoms with Crippen LogP contribution in [0.3, 0.4) is 0 Å². The van der Waals surface area contributed by atoms with Crippen LogP contribution in [0.4, 0.5) is 0 Å². The maximum Gasteiger partial charge on any atom is 0.340 e. The number of thiophene rings is 1. The Bertz CT molecular complexity index is 753. The molecular weight excluding hydrogens is 350 g/mol. The summed E-state index contributed by atoms with van der Waals surface area (Å²) >= 11 is 1.57. The molecule has 1 aliphatic carbocycles. The largest absolute Gasteiger partial charge is 0.449 e. The van der Waals surface area contributed by atoms with Gasteiger partial charge in [0, 0.05) is 16.3 Å². The summed E-state index contributed by atoms with van der Waals surface area (Å²) in [7, 11) is -3.06.